The molecule has 2 amide bonds. The molecule has 0 aliphatic heterocycles. The third-order valence-corrected chi connectivity index (χ3v) is 4.37. The second-order valence-electron chi connectivity index (χ2n) is 5.39. The summed E-state index contributed by atoms with van der Waals surface area (Å²) >= 11 is 0. The Morgan fingerprint density at radius 3 is 2.38 bits per heavy atom. The van der Waals surface area contributed by atoms with Gasteiger partial charge in [0.1, 0.15) is 0 Å². The standard InChI is InChI=1S/C16H23N3O4S/c1-4-10-18-24(22,23)14-7-5-13(6-8-14)16(21)17-11-9-15(20)19-12(2)3/h4-8,12,18H,1,9-11H2,2-3H3,(H,17,21)(H,19,20). The van der Waals surface area contributed by atoms with Gasteiger partial charge in [0, 0.05) is 31.1 Å². The van der Waals surface area contributed by atoms with E-state index in [1.807, 2.05) is 13.8 Å². The molecule has 0 saturated carbocycles. The number of benzene rings is 1. The minimum atomic E-state index is -3.61. The molecule has 0 bridgehead atoms. The molecule has 0 aliphatic carbocycles. The number of rotatable bonds is 9. The molecule has 0 aromatic heterocycles. The van der Waals surface area contributed by atoms with Crippen molar-refractivity contribution in [2.75, 3.05) is 13.1 Å². The topological polar surface area (TPSA) is 104 Å². The Labute approximate surface area is 142 Å². The Bertz CT molecular complexity index is 682. The van der Waals surface area contributed by atoms with Crippen LogP contribution in [0.5, 0.6) is 0 Å². The molecular formula is C16H23N3O4S. The van der Waals surface area contributed by atoms with Gasteiger partial charge in [-0.3, -0.25) is 9.59 Å². The van der Waals surface area contributed by atoms with Crippen LogP contribution in [-0.2, 0) is 14.8 Å². The molecule has 0 radical (unpaired) electrons. The molecule has 0 heterocycles. The lowest BCUT2D eigenvalue weighted by molar-refractivity contribution is -0.121. The smallest absolute Gasteiger partial charge is 0.251 e. The summed E-state index contributed by atoms with van der Waals surface area (Å²) in [5, 5.41) is 5.34. The van der Waals surface area contributed by atoms with Crippen molar-refractivity contribution in [2.45, 2.75) is 31.2 Å². The molecule has 1 rings (SSSR count). The van der Waals surface area contributed by atoms with Gasteiger partial charge in [-0.25, -0.2) is 13.1 Å². The molecule has 0 unspecified atom stereocenters. The SMILES string of the molecule is C=CCNS(=O)(=O)c1ccc(C(=O)NCCC(=O)NC(C)C)cc1. The van der Waals surface area contributed by atoms with Gasteiger partial charge in [0.2, 0.25) is 15.9 Å². The third-order valence-electron chi connectivity index (χ3n) is 2.93. The van der Waals surface area contributed by atoms with Gasteiger partial charge in [0.25, 0.3) is 5.91 Å². The van der Waals surface area contributed by atoms with E-state index in [2.05, 4.69) is 21.9 Å². The number of nitrogens with one attached hydrogen (secondary N) is 3. The van der Waals surface area contributed by atoms with Gasteiger partial charge in [0.15, 0.2) is 0 Å². The normalized spacial score (nSPS) is 11.1. The van der Waals surface area contributed by atoms with Crippen molar-refractivity contribution < 1.29 is 18.0 Å². The number of hydrogen-bond donors (Lipinski definition) is 3. The monoisotopic (exact) mass is 353 g/mol. The molecule has 3 N–H and O–H groups in total. The largest absolute Gasteiger partial charge is 0.354 e. The zero-order valence-corrected chi connectivity index (χ0v) is 14.7. The van der Waals surface area contributed by atoms with Gasteiger partial charge in [-0.2, -0.15) is 0 Å². The fourth-order valence-corrected chi connectivity index (χ4v) is 2.82. The molecule has 0 spiro atoms. The Morgan fingerprint density at radius 1 is 1.21 bits per heavy atom. The average Bonchev–Trinajstić information content (AvgIpc) is 2.52. The minimum absolute atomic E-state index is 0.0531. The molecule has 7 nitrogen and oxygen atoms in total. The first-order chi connectivity index (χ1) is 11.3. The van der Waals surface area contributed by atoms with Gasteiger partial charge >= 0.3 is 0 Å². The van der Waals surface area contributed by atoms with Crippen molar-refractivity contribution >= 4 is 21.8 Å². The van der Waals surface area contributed by atoms with E-state index in [0.717, 1.165) is 0 Å². The number of carbonyl (C=O) groups excluding carboxylic acids is 2. The van der Waals surface area contributed by atoms with Crippen LogP contribution in [-0.4, -0.2) is 39.4 Å². The molecular weight excluding hydrogens is 330 g/mol. The zero-order valence-electron chi connectivity index (χ0n) is 13.8. The third kappa shape index (κ3) is 6.51. The van der Waals surface area contributed by atoms with Gasteiger partial charge in [0.05, 0.1) is 4.90 Å². The van der Waals surface area contributed by atoms with Crippen LogP contribution in [0.4, 0.5) is 0 Å². The van der Waals surface area contributed by atoms with E-state index in [-0.39, 0.29) is 42.3 Å². The highest BCUT2D eigenvalue weighted by Crippen LogP contribution is 2.10. The summed E-state index contributed by atoms with van der Waals surface area (Å²) in [5.74, 6) is -0.504. The molecule has 1 aromatic rings. The summed E-state index contributed by atoms with van der Waals surface area (Å²) in [5.41, 5.74) is 0.321. The molecule has 0 aliphatic rings. The van der Waals surface area contributed by atoms with Crippen LogP contribution in [0.15, 0.2) is 41.8 Å². The Morgan fingerprint density at radius 2 is 1.83 bits per heavy atom. The number of carbonyl (C=O) groups is 2. The van der Waals surface area contributed by atoms with E-state index >= 15 is 0 Å². The first-order valence-corrected chi connectivity index (χ1v) is 9.02. The summed E-state index contributed by atoms with van der Waals surface area (Å²) in [6.45, 7) is 7.49. The van der Waals surface area contributed by atoms with Crippen LogP contribution in [0.25, 0.3) is 0 Å². The number of hydrogen-bond acceptors (Lipinski definition) is 4. The quantitative estimate of drug-likeness (QED) is 0.571. The molecule has 8 heteroatoms. The van der Waals surface area contributed by atoms with Crippen LogP contribution in [0.3, 0.4) is 0 Å². The summed E-state index contributed by atoms with van der Waals surface area (Å²) in [7, 11) is -3.61. The van der Waals surface area contributed by atoms with Crippen LogP contribution >= 0.6 is 0 Å². The highest BCUT2D eigenvalue weighted by atomic mass is 32.2. The van der Waals surface area contributed by atoms with Crippen molar-refractivity contribution in [1.29, 1.82) is 0 Å². The molecule has 132 valence electrons. The van der Waals surface area contributed by atoms with Crippen molar-refractivity contribution in [3.05, 3.63) is 42.5 Å². The maximum Gasteiger partial charge on any atom is 0.251 e. The molecule has 0 saturated heterocycles. The van der Waals surface area contributed by atoms with Crippen molar-refractivity contribution in [3.63, 3.8) is 0 Å². The predicted octanol–water partition coefficient (Wildman–Crippen LogP) is 0.795. The van der Waals surface area contributed by atoms with Crippen molar-refractivity contribution in [2.24, 2.45) is 0 Å². The summed E-state index contributed by atoms with van der Waals surface area (Å²) in [4.78, 5) is 23.5. The van der Waals surface area contributed by atoms with Crippen molar-refractivity contribution in [1.82, 2.24) is 15.4 Å². The summed E-state index contributed by atoms with van der Waals surface area (Å²) in [6.07, 6.45) is 1.62. The second-order valence-corrected chi connectivity index (χ2v) is 7.16. The molecule has 0 fully saturated rings. The Kier molecular flexibility index (Phi) is 7.60. The first kappa shape index (κ1) is 19.9. The second kappa shape index (κ2) is 9.19. The van der Waals surface area contributed by atoms with Gasteiger partial charge in [-0.1, -0.05) is 6.08 Å². The molecule has 1 aromatic carbocycles. The fraction of sp³-hybridized carbons (Fsp3) is 0.375. The maximum atomic E-state index is 12.0. The van der Waals surface area contributed by atoms with Gasteiger partial charge in [-0.05, 0) is 38.1 Å². The van der Waals surface area contributed by atoms with Crippen LogP contribution in [0, 0.1) is 0 Å². The molecule has 24 heavy (non-hydrogen) atoms. The highest BCUT2D eigenvalue weighted by Gasteiger charge is 2.14. The van der Waals surface area contributed by atoms with Crippen molar-refractivity contribution in [3.8, 4) is 0 Å². The first-order valence-electron chi connectivity index (χ1n) is 7.54. The lowest BCUT2D eigenvalue weighted by Crippen LogP contribution is -2.34. The predicted molar refractivity (Wildman–Crippen MR) is 92.1 cm³/mol. The number of amides is 2. The lowest BCUT2D eigenvalue weighted by atomic mass is 10.2. The highest BCUT2D eigenvalue weighted by molar-refractivity contribution is 7.89. The minimum Gasteiger partial charge on any atom is -0.354 e. The van der Waals surface area contributed by atoms with E-state index in [1.54, 1.807) is 0 Å². The van der Waals surface area contributed by atoms with E-state index in [4.69, 9.17) is 0 Å². The van der Waals surface area contributed by atoms with E-state index < -0.39 is 10.0 Å². The van der Waals surface area contributed by atoms with Gasteiger partial charge < -0.3 is 10.6 Å². The summed E-state index contributed by atoms with van der Waals surface area (Å²) < 4.78 is 26.2. The van der Waals surface area contributed by atoms with Crippen LogP contribution < -0.4 is 15.4 Å². The average molecular weight is 353 g/mol. The number of sulfonamides is 1. The maximum absolute atomic E-state index is 12.0. The van der Waals surface area contributed by atoms with E-state index in [1.165, 1.54) is 30.3 Å². The zero-order chi connectivity index (χ0) is 18.2. The lowest BCUT2D eigenvalue weighted by Gasteiger charge is -2.09. The van der Waals surface area contributed by atoms with E-state index in [9.17, 15) is 18.0 Å². The summed E-state index contributed by atoms with van der Waals surface area (Å²) in [6, 6.07) is 5.60. The van der Waals surface area contributed by atoms with Crippen LogP contribution in [0.2, 0.25) is 0 Å². The fourth-order valence-electron chi connectivity index (χ4n) is 1.82. The van der Waals surface area contributed by atoms with Crippen LogP contribution in [0.1, 0.15) is 30.6 Å². The Balaban J connectivity index is 2.58. The Hall–Kier alpha value is -2.19. The van der Waals surface area contributed by atoms with E-state index in [0.29, 0.717) is 5.56 Å². The van der Waals surface area contributed by atoms with Gasteiger partial charge in [-0.15, -0.1) is 6.58 Å². The molecule has 0 atom stereocenters.